The third-order valence-corrected chi connectivity index (χ3v) is 11.9. The molecule has 0 saturated carbocycles. The predicted octanol–water partition coefficient (Wildman–Crippen LogP) is 15.9. The Morgan fingerprint density at radius 3 is 1.43 bits per heavy atom. The maximum Gasteiger partial charge on any atom is 0.0640 e. The van der Waals surface area contributed by atoms with Crippen LogP contribution in [0.2, 0.25) is 0 Å². The van der Waals surface area contributed by atoms with Crippen molar-refractivity contribution in [3.8, 4) is 55.6 Å². The van der Waals surface area contributed by atoms with Crippen molar-refractivity contribution in [3.63, 3.8) is 0 Å². The first-order valence-corrected chi connectivity index (χ1v) is 19.9. The van der Waals surface area contributed by atoms with Crippen LogP contribution in [0.1, 0.15) is 0 Å². The van der Waals surface area contributed by atoms with E-state index in [0.29, 0.717) is 0 Å². The molecule has 2 heteroatoms. The van der Waals surface area contributed by atoms with Gasteiger partial charge in [0.1, 0.15) is 0 Å². The number of anilines is 3. The molecule has 0 unspecified atom stereocenters. The molecule has 9 aromatic carbocycles. The Hall–Kier alpha value is -7.00. The number of rotatable bonds is 8. The number of fused-ring (bicyclic) bond motifs is 3. The van der Waals surface area contributed by atoms with Gasteiger partial charge in [-0.05, 0) is 92.5 Å². The van der Waals surface area contributed by atoms with Crippen molar-refractivity contribution in [2.75, 3.05) is 4.90 Å². The van der Waals surface area contributed by atoms with Crippen LogP contribution in [0.15, 0.2) is 224 Å². The molecule has 0 aliphatic carbocycles. The van der Waals surface area contributed by atoms with E-state index in [9.17, 15) is 0 Å². The number of benzene rings is 9. The zero-order valence-corrected chi connectivity index (χ0v) is 31.5. The van der Waals surface area contributed by atoms with Crippen molar-refractivity contribution >= 4 is 48.6 Å². The van der Waals surface area contributed by atoms with Gasteiger partial charge in [-0.25, -0.2) is 0 Å². The number of hydrogen-bond acceptors (Lipinski definition) is 2. The molecule has 1 nitrogen and oxygen atoms in total. The highest BCUT2D eigenvalue weighted by molar-refractivity contribution is 7.26. The fourth-order valence-electron chi connectivity index (χ4n) is 7.96. The minimum Gasteiger partial charge on any atom is -0.308 e. The fourth-order valence-corrected chi connectivity index (χ4v) is 9.17. The monoisotopic (exact) mass is 731 g/mol. The van der Waals surface area contributed by atoms with E-state index in [1.807, 2.05) is 11.3 Å². The molecule has 0 bridgehead atoms. The van der Waals surface area contributed by atoms with Gasteiger partial charge < -0.3 is 4.90 Å². The molecular weight excluding hydrogens is 695 g/mol. The van der Waals surface area contributed by atoms with Crippen LogP contribution in [0, 0.1) is 0 Å². The first kappa shape index (κ1) is 33.6. The van der Waals surface area contributed by atoms with E-state index in [1.54, 1.807) is 0 Å². The molecule has 264 valence electrons. The third-order valence-electron chi connectivity index (χ3n) is 10.7. The minimum absolute atomic E-state index is 1.11. The maximum atomic E-state index is 2.46. The van der Waals surface area contributed by atoms with Crippen LogP contribution in [0.25, 0.3) is 75.8 Å². The van der Waals surface area contributed by atoms with Crippen molar-refractivity contribution in [1.29, 1.82) is 0 Å². The molecule has 0 radical (unpaired) electrons. The Labute approximate surface area is 332 Å². The van der Waals surface area contributed by atoms with Gasteiger partial charge in [0.15, 0.2) is 0 Å². The van der Waals surface area contributed by atoms with Crippen LogP contribution >= 0.6 is 11.3 Å². The first-order valence-electron chi connectivity index (χ1n) is 19.1. The largest absolute Gasteiger partial charge is 0.308 e. The Morgan fingerprint density at radius 2 is 0.768 bits per heavy atom. The second kappa shape index (κ2) is 14.7. The van der Waals surface area contributed by atoms with Crippen molar-refractivity contribution in [2.45, 2.75) is 0 Å². The molecule has 0 fully saturated rings. The van der Waals surface area contributed by atoms with Crippen LogP contribution < -0.4 is 4.90 Å². The zero-order chi connectivity index (χ0) is 37.3. The van der Waals surface area contributed by atoms with Gasteiger partial charge in [-0.1, -0.05) is 182 Å². The maximum absolute atomic E-state index is 2.46. The van der Waals surface area contributed by atoms with E-state index < -0.39 is 0 Å². The fraction of sp³-hybridized carbons (Fsp3) is 0. The lowest BCUT2D eigenvalue weighted by atomic mass is 9.90. The minimum atomic E-state index is 1.11. The standard InChI is InChI=1S/C54H37NS/c1-5-16-38(17-6-1)39-28-32-45(33-29-39)55(52-26-15-25-48-47-24-13-14-27-53(47)56-54(48)52)51-35-31-44(37-50(51)42-22-11-4-12-23-42)43-30-34-46(40-18-7-2-8-19-40)49(36-43)41-20-9-3-10-21-41/h1-37H. The molecule has 0 N–H and O–H groups in total. The van der Waals surface area contributed by atoms with E-state index in [-0.39, 0.29) is 0 Å². The number of hydrogen-bond donors (Lipinski definition) is 0. The summed E-state index contributed by atoms with van der Waals surface area (Å²) in [5.41, 5.74) is 15.3. The Bertz CT molecular complexity index is 2930. The van der Waals surface area contributed by atoms with Crippen LogP contribution in [0.5, 0.6) is 0 Å². The van der Waals surface area contributed by atoms with Gasteiger partial charge in [-0.2, -0.15) is 0 Å². The summed E-state index contributed by atoms with van der Waals surface area (Å²) < 4.78 is 2.56. The second-order valence-electron chi connectivity index (χ2n) is 14.1. The lowest BCUT2D eigenvalue weighted by Gasteiger charge is -2.29. The molecule has 10 rings (SSSR count). The molecule has 0 spiro atoms. The van der Waals surface area contributed by atoms with Gasteiger partial charge >= 0.3 is 0 Å². The average molecular weight is 732 g/mol. The summed E-state index contributed by atoms with van der Waals surface area (Å²) in [6, 6.07) is 81.4. The van der Waals surface area contributed by atoms with Crippen LogP contribution in [-0.2, 0) is 0 Å². The Kier molecular flexibility index (Phi) is 8.79. The molecule has 0 aliphatic rings. The molecule has 0 saturated heterocycles. The molecule has 56 heavy (non-hydrogen) atoms. The topological polar surface area (TPSA) is 3.24 Å². The highest BCUT2D eigenvalue weighted by atomic mass is 32.1. The van der Waals surface area contributed by atoms with E-state index in [4.69, 9.17) is 0 Å². The van der Waals surface area contributed by atoms with Gasteiger partial charge in [-0.3, -0.25) is 0 Å². The molecule has 0 atom stereocenters. The van der Waals surface area contributed by atoms with Gasteiger partial charge in [0, 0.05) is 26.7 Å². The molecule has 1 aromatic heterocycles. The summed E-state index contributed by atoms with van der Waals surface area (Å²) in [6.07, 6.45) is 0. The molecule has 0 amide bonds. The number of nitrogens with zero attached hydrogens (tertiary/aromatic N) is 1. The van der Waals surface area contributed by atoms with Gasteiger partial charge in [0.2, 0.25) is 0 Å². The van der Waals surface area contributed by atoms with Crippen molar-refractivity contribution in [3.05, 3.63) is 224 Å². The lowest BCUT2D eigenvalue weighted by Crippen LogP contribution is -2.11. The first-order chi connectivity index (χ1) is 27.8. The second-order valence-corrected chi connectivity index (χ2v) is 15.1. The summed E-state index contributed by atoms with van der Waals surface area (Å²) in [5.74, 6) is 0. The quantitative estimate of drug-likeness (QED) is 0.150. The van der Waals surface area contributed by atoms with Crippen LogP contribution in [0.3, 0.4) is 0 Å². The van der Waals surface area contributed by atoms with E-state index in [0.717, 1.165) is 11.4 Å². The summed E-state index contributed by atoms with van der Waals surface area (Å²) in [7, 11) is 0. The van der Waals surface area contributed by atoms with Crippen molar-refractivity contribution < 1.29 is 0 Å². The Morgan fingerprint density at radius 1 is 0.286 bits per heavy atom. The number of thiophene rings is 1. The average Bonchev–Trinajstić information content (AvgIpc) is 3.67. The lowest BCUT2D eigenvalue weighted by molar-refractivity contribution is 1.30. The van der Waals surface area contributed by atoms with Gasteiger partial charge in [-0.15, -0.1) is 11.3 Å². The van der Waals surface area contributed by atoms with E-state index >= 15 is 0 Å². The zero-order valence-electron chi connectivity index (χ0n) is 30.7. The predicted molar refractivity (Wildman–Crippen MR) is 241 cm³/mol. The summed E-state index contributed by atoms with van der Waals surface area (Å²) in [6.45, 7) is 0. The molecule has 0 aliphatic heterocycles. The summed E-state index contributed by atoms with van der Waals surface area (Å²) in [5, 5.41) is 2.57. The van der Waals surface area contributed by atoms with E-state index in [2.05, 4.69) is 229 Å². The van der Waals surface area contributed by atoms with Crippen LogP contribution in [-0.4, -0.2) is 0 Å². The molecule has 10 aromatic rings. The van der Waals surface area contributed by atoms with E-state index in [1.165, 1.54) is 81.5 Å². The summed E-state index contributed by atoms with van der Waals surface area (Å²) in [4.78, 5) is 2.46. The Balaban J connectivity index is 1.18. The normalized spacial score (nSPS) is 11.2. The SMILES string of the molecule is c1ccc(-c2ccc(N(c3ccc(-c4ccc(-c5ccccc5)c(-c5ccccc5)c4)cc3-c3ccccc3)c3cccc4c3sc3ccccc34)cc2)cc1. The highest BCUT2D eigenvalue weighted by Gasteiger charge is 2.22. The summed E-state index contributed by atoms with van der Waals surface area (Å²) >= 11 is 1.86. The molecular formula is C54H37NS. The molecule has 1 heterocycles. The third kappa shape index (κ3) is 6.26. The van der Waals surface area contributed by atoms with Gasteiger partial charge in [0.05, 0.1) is 16.1 Å². The van der Waals surface area contributed by atoms with Crippen LogP contribution in [0.4, 0.5) is 17.1 Å². The van der Waals surface area contributed by atoms with Crippen molar-refractivity contribution in [1.82, 2.24) is 0 Å². The highest BCUT2D eigenvalue weighted by Crippen LogP contribution is 2.48. The smallest absolute Gasteiger partial charge is 0.0640 e. The van der Waals surface area contributed by atoms with Crippen molar-refractivity contribution in [2.24, 2.45) is 0 Å². The van der Waals surface area contributed by atoms with Gasteiger partial charge in [0.25, 0.3) is 0 Å².